The maximum absolute atomic E-state index is 11.7. The molecule has 1 atom stereocenters. The van der Waals surface area contributed by atoms with Gasteiger partial charge in [-0.2, -0.15) is 0 Å². The summed E-state index contributed by atoms with van der Waals surface area (Å²) in [6.07, 6.45) is 0. The van der Waals surface area contributed by atoms with Gasteiger partial charge in [-0.1, -0.05) is 50.2 Å². The average Bonchev–Trinajstić information content (AvgIpc) is 2.50. The van der Waals surface area contributed by atoms with E-state index in [0.29, 0.717) is 12.5 Å². The van der Waals surface area contributed by atoms with Gasteiger partial charge in [0, 0.05) is 12.6 Å². The smallest absolute Gasteiger partial charge is 0.233 e. The summed E-state index contributed by atoms with van der Waals surface area (Å²) in [6.45, 7) is 7.34. The van der Waals surface area contributed by atoms with E-state index >= 15 is 0 Å². The number of benzene rings is 2. The van der Waals surface area contributed by atoms with E-state index in [1.807, 2.05) is 12.1 Å². The minimum absolute atomic E-state index is 0.0522. The standard InChI is InChI=1S/C18H24N2O/c1-13(2)11-20-18(21)12-19-14(3)16-9-8-15-6-4-5-7-17(15)10-16/h4-10,13-14,19H,11-12H2,1-3H3,(H,20,21). The third-order valence-corrected chi connectivity index (χ3v) is 3.55. The second-order valence-electron chi connectivity index (χ2n) is 5.91. The number of carbonyl (C=O) groups is 1. The molecule has 3 heteroatoms. The van der Waals surface area contributed by atoms with Crippen LogP contribution < -0.4 is 10.6 Å². The van der Waals surface area contributed by atoms with Crippen LogP contribution in [0.2, 0.25) is 0 Å². The number of amides is 1. The minimum atomic E-state index is 0.0522. The van der Waals surface area contributed by atoms with E-state index in [9.17, 15) is 4.79 Å². The van der Waals surface area contributed by atoms with Gasteiger partial charge in [0.25, 0.3) is 0 Å². The van der Waals surface area contributed by atoms with Crippen LogP contribution in [0.3, 0.4) is 0 Å². The summed E-state index contributed by atoms with van der Waals surface area (Å²) in [4.78, 5) is 11.7. The van der Waals surface area contributed by atoms with Gasteiger partial charge in [0.2, 0.25) is 5.91 Å². The van der Waals surface area contributed by atoms with Crippen LogP contribution in [0.15, 0.2) is 42.5 Å². The van der Waals surface area contributed by atoms with Crippen LogP contribution in [0.5, 0.6) is 0 Å². The highest BCUT2D eigenvalue weighted by Gasteiger charge is 2.08. The summed E-state index contributed by atoms with van der Waals surface area (Å²) >= 11 is 0. The molecule has 1 unspecified atom stereocenters. The van der Waals surface area contributed by atoms with E-state index in [-0.39, 0.29) is 11.9 Å². The first-order valence-electron chi connectivity index (χ1n) is 7.55. The van der Waals surface area contributed by atoms with Gasteiger partial charge in [-0.3, -0.25) is 4.79 Å². The Kier molecular flexibility index (Phi) is 5.34. The molecule has 0 fully saturated rings. The highest BCUT2D eigenvalue weighted by molar-refractivity contribution is 5.83. The molecule has 0 saturated heterocycles. The first-order chi connectivity index (χ1) is 10.1. The number of nitrogens with one attached hydrogen (secondary N) is 2. The molecule has 2 rings (SSSR count). The fourth-order valence-corrected chi connectivity index (χ4v) is 2.22. The van der Waals surface area contributed by atoms with Crippen molar-refractivity contribution in [3.63, 3.8) is 0 Å². The first kappa shape index (κ1) is 15.5. The zero-order valence-electron chi connectivity index (χ0n) is 13.0. The lowest BCUT2D eigenvalue weighted by atomic mass is 10.0. The maximum Gasteiger partial charge on any atom is 0.233 e. The van der Waals surface area contributed by atoms with E-state index in [2.05, 4.69) is 61.7 Å². The van der Waals surface area contributed by atoms with Gasteiger partial charge in [-0.25, -0.2) is 0 Å². The third kappa shape index (κ3) is 4.57. The molecule has 0 aliphatic heterocycles. The Labute approximate surface area is 126 Å². The second-order valence-corrected chi connectivity index (χ2v) is 5.91. The lowest BCUT2D eigenvalue weighted by molar-refractivity contribution is -0.120. The Hall–Kier alpha value is -1.87. The molecule has 2 aromatic carbocycles. The Morgan fingerprint density at radius 3 is 2.48 bits per heavy atom. The zero-order chi connectivity index (χ0) is 15.2. The van der Waals surface area contributed by atoms with Crippen LogP contribution in [0.1, 0.15) is 32.4 Å². The third-order valence-electron chi connectivity index (χ3n) is 3.55. The highest BCUT2D eigenvalue weighted by atomic mass is 16.1. The molecule has 0 radical (unpaired) electrons. The van der Waals surface area contributed by atoms with Crippen LogP contribution in [0, 0.1) is 5.92 Å². The van der Waals surface area contributed by atoms with Gasteiger partial charge in [-0.05, 0) is 35.2 Å². The van der Waals surface area contributed by atoms with Crippen LogP contribution >= 0.6 is 0 Å². The number of carbonyl (C=O) groups excluding carboxylic acids is 1. The Bertz CT molecular complexity index is 607. The molecule has 0 saturated carbocycles. The van der Waals surface area contributed by atoms with Crippen molar-refractivity contribution in [1.82, 2.24) is 10.6 Å². The predicted molar refractivity (Wildman–Crippen MR) is 88.2 cm³/mol. The van der Waals surface area contributed by atoms with Gasteiger partial charge in [0.15, 0.2) is 0 Å². The molecule has 2 N–H and O–H groups in total. The van der Waals surface area contributed by atoms with Crippen molar-refractivity contribution in [2.75, 3.05) is 13.1 Å². The molecule has 0 bridgehead atoms. The van der Waals surface area contributed by atoms with Gasteiger partial charge in [0.05, 0.1) is 6.54 Å². The molecular formula is C18H24N2O. The van der Waals surface area contributed by atoms with Crippen molar-refractivity contribution < 1.29 is 4.79 Å². The number of hydrogen-bond acceptors (Lipinski definition) is 2. The molecule has 112 valence electrons. The summed E-state index contributed by atoms with van der Waals surface area (Å²) in [7, 11) is 0. The van der Waals surface area contributed by atoms with Crippen molar-refractivity contribution in [3.8, 4) is 0 Å². The molecule has 21 heavy (non-hydrogen) atoms. The van der Waals surface area contributed by atoms with E-state index in [0.717, 1.165) is 6.54 Å². The van der Waals surface area contributed by atoms with E-state index in [1.165, 1.54) is 16.3 Å². The molecule has 3 nitrogen and oxygen atoms in total. The fraction of sp³-hybridized carbons (Fsp3) is 0.389. The zero-order valence-corrected chi connectivity index (χ0v) is 13.0. The molecule has 0 spiro atoms. The summed E-state index contributed by atoms with van der Waals surface area (Å²) < 4.78 is 0. The van der Waals surface area contributed by atoms with Crippen molar-refractivity contribution in [3.05, 3.63) is 48.0 Å². The lowest BCUT2D eigenvalue weighted by Crippen LogP contribution is -2.36. The Morgan fingerprint density at radius 2 is 1.76 bits per heavy atom. The van der Waals surface area contributed by atoms with Crippen molar-refractivity contribution in [2.24, 2.45) is 5.92 Å². The number of rotatable bonds is 6. The Balaban J connectivity index is 1.92. The SMILES string of the molecule is CC(C)CNC(=O)CNC(C)c1ccc2ccccc2c1. The van der Waals surface area contributed by atoms with Crippen molar-refractivity contribution in [1.29, 1.82) is 0 Å². The van der Waals surface area contributed by atoms with Gasteiger partial charge < -0.3 is 10.6 Å². The van der Waals surface area contributed by atoms with Crippen molar-refractivity contribution >= 4 is 16.7 Å². The molecule has 0 heterocycles. The highest BCUT2D eigenvalue weighted by Crippen LogP contribution is 2.19. The lowest BCUT2D eigenvalue weighted by Gasteiger charge is -2.15. The second kappa shape index (κ2) is 7.23. The molecule has 0 aliphatic rings. The van der Waals surface area contributed by atoms with Crippen LogP contribution in [0.4, 0.5) is 0 Å². The maximum atomic E-state index is 11.7. The summed E-state index contributed by atoms with van der Waals surface area (Å²) in [6, 6.07) is 14.9. The summed E-state index contributed by atoms with van der Waals surface area (Å²) in [5.41, 5.74) is 1.20. The number of fused-ring (bicyclic) bond motifs is 1. The first-order valence-corrected chi connectivity index (χ1v) is 7.55. The summed E-state index contributed by atoms with van der Waals surface area (Å²) in [5, 5.41) is 8.66. The van der Waals surface area contributed by atoms with Gasteiger partial charge >= 0.3 is 0 Å². The van der Waals surface area contributed by atoms with Crippen molar-refractivity contribution in [2.45, 2.75) is 26.8 Å². The van der Waals surface area contributed by atoms with Crippen LogP contribution in [-0.2, 0) is 4.79 Å². The molecule has 0 aromatic heterocycles. The van der Waals surface area contributed by atoms with Crippen LogP contribution in [0.25, 0.3) is 10.8 Å². The number of hydrogen-bond donors (Lipinski definition) is 2. The largest absolute Gasteiger partial charge is 0.355 e. The minimum Gasteiger partial charge on any atom is -0.355 e. The quantitative estimate of drug-likeness (QED) is 0.855. The topological polar surface area (TPSA) is 41.1 Å². The fourth-order valence-electron chi connectivity index (χ4n) is 2.22. The van der Waals surface area contributed by atoms with E-state index < -0.39 is 0 Å². The van der Waals surface area contributed by atoms with E-state index in [1.54, 1.807) is 0 Å². The molecular weight excluding hydrogens is 260 g/mol. The Morgan fingerprint density at radius 1 is 1.05 bits per heavy atom. The normalized spacial score (nSPS) is 12.6. The monoisotopic (exact) mass is 284 g/mol. The van der Waals surface area contributed by atoms with Gasteiger partial charge in [-0.15, -0.1) is 0 Å². The molecule has 0 aliphatic carbocycles. The predicted octanol–water partition coefficient (Wildman–Crippen LogP) is 3.26. The van der Waals surface area contributed by atoms with Gasteiger partial charge in [0.1, 0.15) is 0 Å². The average molecular weight is 284 g/mol. The van der Waals surface area contributed by atoms with Crippen LogP contribution in [-0.4, -0.2) is 19.0 Å². The molecule has 2 aromatic rings. The van der Waals surface area contributed by atoms with E-state index in [4.69, 9.17) is 0 Å². The molecule has 1 amide bonds. The summed E-state index contributed by atoms with van der Waals surface area (Å²) in [5.74, 6) is 0.531.